The van der Waals surface area contributed by atoms with Gasteiger partial charge in [-0.05, 0) is 12.5 Å². The molecule has 1 saturated heterocycles. The van der Waals surface area contributed by atoms with Gasteiger partial charge in [0.2, 0.25) is 0 Å². The predicted molar refractivity (Wildman–Crippen MR) is 58.2 cm³/mol. The van der Waals surface area contributed by atoms with Crippen LogP contribution in [0.15, 0.2) is 24.3 Å². The molecule has 1 aromatic rings. The fraction of sp³-hybridized carbons (Fsp3) is 0.500. The van der Waals surface area contributed by atoms with Crippen LogP contribution in [0.1, 0.15) is 18.3 Å². The summed E-state index contributed by atoms with van der Waals surface area (Å²) in [6.07, 6.45) is 0.624. The largest absolute Gasteiger partial charge is 0.467 e. The molecule has 0 aliphatic carbocycles. The zero-order valence-electron chi connectivity index (χ0n) is 9.35. The van der Waals surface area contributed by atoms with Crippen molar-refractivity contribution < 1.29 is 18.9 Å². The molecule has 0 aromatic heterocycles. The molecule has 16 heavy (non-hydrogen) atoms. The highest BCUT2D eigenvalue weighted by Gasteiger charge is 2.20. The molecule has 0 bridgehead atoms. The summed E-state index contributed by atoms with van der Waals surface area (Å²) in [5.74, 6) is 0.747. The number of rotatable bonds is 4. The Morgan fingerprint density at radius 1 is 1.25 bits per heavy atom. The van der Waals surface area contributed by atoms with Crippen molar-refractivity contribution in [3.05, 3.63) is 29.8 Å². The van der Waals surface area contributed by atoms with Gasteiger partial charge in [0.15, 0.2) is 13.1 Å². The van der Waals surface area contributed by atoms with Crippen molar-refractivity contribution in [2.24, 2.45) is 0 Å². The third-order valence-electron chi connectivity index (χ3n) is 2.33. The molecular weight excluding hydrogens is 208 g/mol. The molecule has 0 N–H and O–H groups in total. The van der Waals surface area contributed by atoms with Crippen molar-refractivity contribution in [2.45, 2.75) is 12.7 Å². The summed E-state index contributed by atoms with van der Waals surface area (Å²) in [4.78, 5) is 0. The smallest absolute Gasteiger partial charge is 0.188 e. The molecule has 1 aliphatic rings. The molecule has 4 heteroatoms. The van der Waals surface area contributed by atoms with E-state index in [1.165, 1.54) is 0 Å². The van der Waals surface area contributed by atoms with Crippen molar-refractivity contribution in [3.8, 4) is 5.75 Å². The summed E-state index contributed by atoms with van der Waals surface area (Å²) in [5.41, 5.74) is 0.916. The SMILES string of the molecule is COCOc1ccccc1C1OCCCO1. The zero-order chi connectivity index (χ0) is 11.2. The first kappa shape index (κ1) is 11.4. The second-order valence-corrected chi connectivity index (χ2v) is 3.52. The van der Waals surface area contributed by atoms with Crippen LogP contribution < -0.4 is 4.74 Å². The lowest BCUT2D eigenvalue weighted by Crippen LogP contribution is -2.18. The van der Waals surface area contributed by atoms with E-state index in [4.69, 9.17) is 18.9 Å². The fourth-order valence-electron chi connectivity index (χ4n) is 1.60. The highest BCUT2D eigenvalue weighted by molar-refractivity contribution is 5.34. The van der Waals surface area contributed by atoms with Gasteiger partial charge in [-0.3, -0.25) is 0 Å². The standard InChI is InChI=1S/C12H16O4/c1-13-9-16-11-6-3-2-5-10(11)12-14-7-4-8-15-12/h2-3,5-6,12H,4,7-9H2,1H3. The molecule has 0 saturated carbocycles. The Morgan fingerprint density at radius 2 is 2.00 bits per heavy atom. The van der Waals surface area contributed by atoms with Crippen LogP contribution in [0.25, 0.3) is 0 Å². The van der Waals surface area contributed by atoms with E-state index in [9.17, 15) is 0 Å². The molecule has 2 rings (SSSR count). The van der Waals surface area contributed by atoms with E-state index < -0.39 is 0 Å². The van der Waals surface area contributed by atoms with Crippen LogP contribution in [0, 0.1) is 0 Å². The first-order chi connectivity index (χ1) is 7.92. The summed E-state index contributed by atoms with van der Waals surface area (Å²) in [6, 6.07) is 7.68. The highest BCUT2D eigenvalue weighted by atomic mass is 16.7. The van der Waals surface area contributed by atoms with Gasteiger partial charge in [-0.1, -0.05) is 18.2 Å². The Bertz CT molecular complexity index is 321. The number of methoxy groups -OCH3 is 1. The monoisotopic (exact) mass is 224 g/mol. The number of ether oxygens (including phenoxy) is 4. The maximum absolute atomic E-state index is 5.54. The summed E-state index contributed by atoms with van der Waals surface area (Å²) in [7, 11) is 1.59. The van der Waals surface area contributed by atoms with Gasteiger partial charge in [0.1, 0.15) is 5.75 Å². The summed E-state index contributed by atoms with van der Waals surface area (Å²) < 4.78 is 21.4. The van der Waals surface area contributed by atoms with Gasteiger partial charge in [-0.15, -0.1) is 0 Å². The minimum Gasteiger partial charge on any atom is -0.467 e. The highest BCUT2D eigenvalue weighted by Crippen LogP contribution is 2.30. The molecule has 4 nitrogen and oxygen atoms in total. The first-order valence-electron chi connectivity index (χ1n) is 5.35. The fourth-order valence-corrected chi connectivity index (χ4v) is 1.60. The molecule has 0 amide bonds. The Labute approximate surface area is 95.1 Å². The molecule has 1 heterocycles. The first-order valence-corrected chi connectivity index (χ1v) is 5.35. The van der Waals surface area contributed by atoms with E-state index in [-0.39, 0.29) is 13.1 Å². The lowest BCUT2D eigenvalue weighted by atomic mass is 10.2. The van der Waals surface area contributed by atoms with Crippen LogP contribution in [0.5, 0.6) is 5.75 Å². The van der Waals surface area contributed by atoms with Crippen LogP contribution in [0.3, 0.4) is 0 Å². The summed E-state index contributed by atoms with van der Waals surface area (Å²) in [5, 5.41) is 0. The summed E-state index contributed by atoms with van der Waals surface area (Å²) >= 11 is 0. The van der Waals surface area contributed by atoms with Gasteiger partial charge in [0.05, 0.1) is 13.2 Å². The topological polar surface area (TPSA) is 36.9 Å². The van der Waals surface area contributed by atoms with Gasteiger partial charge < -0.3 is 18.9 Å². The van der Waals surface area contributed by atoms with E-state index in [2.05, 4.69) is 0 Å². The van der Waals surface area contributed by atoms with Crippen molar-refractivity contribution in [1.82, 2.24) is 0 Å². The normalized spacial score (nSPS) is 17.3. The average Bonchev–Trinajstić information content (AvgIpc) is 2.38. The lowest BCUT2D eigenvalue weighted by Gasteiger charge is -2.25. The molecule has 0 spiro atoms. The summed E-state index contributed by atoms with van der Waals surface area (Å²) in [6.45, 7) is 1.68. The predicted octanol–water partition coefficient (Wildman–Crippen LogP) is 2.10. The van der Waals surface area contributed by atoms with Gasteiger partial charge in [-0.2, -0.15) is 0 Å². The molecule has 1 aromatic carbocycles. The maximum atomic E-state index is 5.54. The number of hydrogen-bond donors (Lipinski definition) is 0. The minimum atomic E-state index is -0.318. The number of para-hydroxylation sites is 1. The number of benzene rings is 1. The van der Waals surface area contributed by atoms with E-state index in [1.54, 1.807) is 7.11 Å². The van der Waals surface area contributed by atoms with Gasteiger partial charge in [-0.25, -0.2) is 0 Å². The molecule has 0 unspecified atom stereocenters. The van der Waals surface area contributed by atoms with Crippen molar-refractivity contribution in [2.75, 3.05) is 27.1 Å². The van der Waals surface area contributed by atoms with Crippen LogP contribution in [-0.2, 0) is 14.2 Å². The van der Waals surface area contributed by atoms with Crippen LogP contribution in [-0.4, -0.2) is 27.1 Å². The van der Waals surface area contributed by atoms with Crippen LogP contribution in [0.4, 0.5) is 0 Å². The van der Waals surface area contributed by atoms with E-state index in [1.807, 2.05) is 24.3 Å². The van der Waals surface area contributed by atoms with Gasteiger partial charge in [0, 0.05) is 12.7 Å². The Balaban J connectivity index is 2.11. The van der Waals surface area contributed by atoms with Crippen molar-refractivity contribution >= 4 is 0 Å². The second-order valence-electron chi connectivity index (χ2n) is 3.52. The Kier molecular flexibility index (Phi) is 4.16. The molecule has 0 atom stereocenters. The van der Waals surface area contributed by atoms with Crippen molar-refractivity contribution in [1.29, 1.82) is 0 Å². The van der Waals surface area contributed by atoms with Crippen LogP contribution in [0.2, 0.25) is 0 Å². The third-order valence-corrected chi connectivity index (χ3v) is 2.33. The lowest BCUT2D eigenvalue weighted by molar-refractivity contribution is -0.184. The molecule has 0 radical (unpaired) electrons. The molecule has 1 fully saturated rings. The van der Waals surface area contributed by atoms with E-state index in [0.29, 0.717) is 0 Å². The zero-order valence-corrected chi connectivity index (χ0v) is 9.35. The third kappa shape index (κ3) is 2.72. The van der Waals surface area contributed by atoms with E-state index >= 15 is 0 Å². The minimum absolute atomic E-state index is 0.226. The number of hydrogen-bond acceptors (Lipinski definition) is 4. The van der Waals surface area contributed by atoms with Crippen molar-refractivity contribution in [3.63, 3.8) is 0 Å². The maximum Gasteiger partial charge on any atom is 0.188 e. The van der Waals surface area contributed by atoms with Crippen LogP contribution >= 0.6 is 0 Å². The Morgan fingerprint density at radius 3 is 2.75 bits per heavy atom. The second kappa shape index (κ2) is 5.84. The average molecular weight is 224 g/mol. The quantitative estimate of drug-likeness (QED) is 0.734. The van der Waals surface area contributed by atoms with E-state index in [0.717, 1.165) is 30.9 Å². The van der Waals surface area contributed by atoms with Gasteiger partial charge in [0.25, 0.3) is 0 Å². The molecule has 1 aliphatic heterocycles. The van der Waals surface area contributed by atoms with Gasteiger partial charge >= 0.3 is 0 Å². The molecular formula is C12H16O4. The molecule has 88 valence electrons. The Hall–Kier alpha value is -1.10.